The molecule has 1 heterocycles. The number of hydrogen-bond acceptors (Lipinski definition) is 3. The van der Waals surface area contributed by atoms with Gasteiger partial charge in [0.1, 0.15) is 31.5 Å². The molecule has 4 nitrogen and oxygen atoms in total. The quantitative estimate of drug-likeness (QED) is 0.606. The van der Waals surface area contributed by atoms with Crippen molar-refractivity contribution in [3.05, 3.63) is 52.7 Å². The number of aliphatic hydroxyl groups is 1. The highest BCUT2D eigenvalue weighted by atomic mass is 32.1. The number of nitrogens with one attached hydrogen (secondary N) is 1. The Bertz CT molecular complexity index is 517. The van der Waals surface area contributed by atoms with Crippen molar-refractivity contribution < 1.29 is 20.1 Å². The molecule has 120 valence electrons. The largest absolute Gasteiger partial charge is 0.491 e. The summed E-state index contributed by atoms with van der Waals surface area (Å²) in [5.74, 6) is 0.802. The second-order valence-electron chi connectivity index (χ2n) is 5.68. The van der Waals surface area contributed by atoms with E-state index < -0.39 is 6.10 Å². The summed E-state index contributed by atoms with van der Waals surface area (Å²) in [7, 11) is 4.35. The molecule has 2 rings (SSSR count). The number of aliphatic hydroxyl groups excluding tert-OH is 1. The summed E-state index contributed by atoms with van der Waals surface area (Å²) in [5.41, 5.74) is 0. The molecule has 0 aliphatic carbocycles. The molecule has 0 unspecified atom stereocenters. The van der Waals surface area contributed by atoms with Crippen LogP contribution >= 0.6 is 11.3 Å². The van der Waals surface area contributed by atoms with Gasteiger partial charge >= 0.3 is 0 Å². The number of likely N-dealkylation sites (N-methyl/N-ethyl adjacent to an activating group) is 1. The molecule has 0 aliphatic heterocycles. The van der Waals surface area contributed by atoms with Crippen LogP contribution < -0.4 is 15.0 Å². The maximum Gasteiger partial charge on any atom is 0.171 e. The molecule has 0 spiro atoms. The maximum absolute atomic E-state index is 10.0. The van der Waals surface area contributed by atoms with Crippen LogP contribution in [0.25, 0.3) is 0 Å². The fourth-order valence-corrected chi connectivity index (χ4v) is 3.33. The molecule has 0 fully saturated rings. The van der Waals surface area contributed by atoms with Crippen molar-refractivity contribution in [2.75, 3.05) is 33.8 Å². The van der Waals surface area contributed by atoms with E-state index in [4.69, 9.17) is 4.74 Å². The minimum absolute atomic E-state index is 0.332. The predicted molar refractivity (Wildman–Crippen MR) is 89.5 cm³/mol. The van der Waals surface area contributed by atoms with E-state index in [-0.39, 0.29) is 0 Å². The van der Waals surface area contributed by atoms with Crippen LogP contribution in [-0.2, 0) is 0 Å². The van der Waals surface area contributed by atoms with Gasteiger partial charge < -0.3 is 20.1 Å². The fraction of sp³-hybridized carbons (Fsp3) is 0.412. The van der Waals surface area contributed by atoms with Crippen LogP contribution in [0.3, 0.4) is 0 Å². The predicted octanol–water partition coefficient (Wildman–Crippen LogP) is -0.0630. The molecule has 0 bridgehead atoms. The van der Waals surface area contributed by atoms with Crippen LogP contribution in [0.5, 0.6) is 5.75 Å². The summed E-state index contributed by atoms with van der Waals surface area (Å²) in [4.78, 5) is 2.81. The Morgan fingerprint density at radius 3 is 2.55 bits per heavy atom. The minimum Gasteiger partial charge on any atom is -0.491 e. The highest BCUT2D eigenvalue weighted by Gasteiger charge is 2.21. The molecule has 1 aromatic heterocycles. The smallest absolute Gasteiger partial charge is 0.171 e. The van der Waals surface area contributed by atoms with Gasteiger partial charge in [-0.05, 0) is 23.6 Å². The molecular formula is C17H26N2O2S+2. The highest BCUT2D eigenvalue weighted by Crippen LogP contribution is 2.14. The Balaban J connectivity index is 1.70. The van der Waals surface area contributed by atoms with Gasteiger partial charge in [0, 0.05) is 0 Å². The summed E-state index contributed by atoms with van der Waals surface area (Å²) in [6.45, 7) is 1.95. The third kappa shape index (κ3) is 5.42. The number of thiophene rings is 1. The van der Waals surface area contributed by atoms with E-state index in [1.807, 2.05) is 30.3 Å². The van der Waals surface area contributed by atoms with Gasteiger partial charge in [0.2, 0.25) is 0 Å². The van der Waals surface area contributed by atoms with Crippen molar-refractivity contribution >= 4 is 11.3 Å². The first-order chi connectivity index (χ1) is 10.7. The molecular weight excluding hydrogens is 296 g/mol. The van der Waals surface area contributed by atoms with E-state index in [0.29, 0.717) is 19.2 Å². The summed E-state index contributed by atoms with van der Waals surface area (Å²) >= 11 is 1.80. The zero-order valence-electron chi connectivity index (χ0n) is 13.2. The van der Waals surface area contributed by atoms with Crippen LogP contribution in [0.1, 0.15) is 10.9 Å². The molecule has 0 saturated carbocycles. The van der Waals surface area contributed by atoms with Gasteiger partial charge in [0.25, 0.3) is 0 Å². The first-order valence-electron chi connectivity index (χ1n) is 7.68. The number of benzene rings is 1. The van der Waals surface area contributed by atoms with Crippen LogP contribution in [0.4, 0.5) is 0 Å². The summed E-state index contributed by atoms with van der Waals surface area (Å²) < 4.78 is 5.57. The van der Waals surface area contributed by atoms with E-state index in [2.05, 4.69) is 36.9 Å². The van der Waals surface area contributed by atoms with Gasteiger partial charge in [-0.25, -0.2) is 0 Å². The SMILES string of the molecule is C[NH+](C)[C@H](C[NH2+]C[C@@H](O)COc1ccccc1)c1cccs1. The van der Waals surface area contributed by atoms with Crippen LogP contribution in [0.2, 0.25) is 0 Å². The first kappa shape index (κ1) is 17.0. The number of para-hydroxylation sites is 1. The first-order valence-corrected chi connectivity index (χ1v) is 8.56. The molecule has 22 heavy (non-hydrogen) atoms. The molecule has 0 radical (unpaired) electrons. The number of rotatable bonds is 9. The summed E-state index contributed by atoms with van der Waals surface area (Å²) in [5, 5.41) is 14.3. The minimum atomic E-state index is -0.457. The molecule has 1 aromatic carbocycles. The topological polar surface area (TPSA) is 50.5 Å². The van der Waals surface area contributed by atoms with Crippen molar-refractivity contribution in [3.63, 3.8) is 0 Å². The molecule has 0 amide bonds. The average Bonchev–Trinajstić information content (AvgIpc) is 3.04. The number of nitrogens with two attached hydrogens (primary N) is 1. The Labute approximate surface area is 136 Å². The van der Waals surface area contributed by atoms with Gasteiger partial charge in [-0.3, -0.25) is 0 Å². The molecule has 2 atom stereocenters. The molecule has 0 saturated heterocycles. The lowest BCUT2D eigenvalue weighted by atomic mass is 10.2. The van der Waals surface area contributed by atoms with Crippen LogP contribution in [-0.4, -0.2) is 45.0 Å². The van der Waals surface area contributed by atoms with Gasteiger partial charge in [-0.15, -0.1) is 11.3 Å². The highest BCUT2D eigenvalue weighted by molar-refractivity contribution is 7.10. The molecule has 4 N–H and O–H groups in total. The van der Waals surface area contributed by atoms with Gasteiger partial charge in [0.05, 0.1) is 19.0 Å². The van der Waals surface area contributed by atoms with Crippen molar-refractivity contribution in [1.29, 1.82) is 0 Å². The number of quaternary nitrogens is 2. The van der Waals surface area contributed by atoms with Crippen LogP contribution in [0.15, 0.2) is 47.8 Å². The molecule has 5 heteroatoms. The van der Waals surface area contributed by atoms with Crippen molar-refractivity contribution in [1.82, 2.24) is 0 Å². The van der Waals surface area contributed by atoms with Gasteiger partial charge in [0.15, 0.2) is 6.04 Å². The lowest BCUT2D eigenvalue weighted by molar-refractivity contribution is -0.909. The lowest BCUT2D eigenvalue weighted by Crippen LogP contribution is -3.09. The van der Waals surface area contributed by atoms with Crippen molar-refractivity contribution in [2.45, 2.75) is 12.1 Å². The Kier molecular flexibility index (Phi) is 6.86. The summed E-state index contributed by atoms with van der Waals surface area (Å²) in [6, 6.07) is 14.4. The van der Waals surface area contributed by atoms with Crippen molar-refractivity contribution in [2.24, 2.45) is 0 Å². The number of hydrogen-bond donors (Lipinski definition) is 3. The Morgan fingerprint density at radius 1 is 1.14 bits per heavy atom. The van der Waals surface area contributed by atoms with E-state index in [0.717, 1.165) is 12.3 Å². The lowest BCUT2D eigenvalue weighted by Gasteiger charge is -2.19. The van der Waals surface area contributed by atoms with E-state index >= 15 is 0 Å². The number of ether oxygens (including phenoxy) is 1. The van der Waals surface area contributed by atoms with Crippen molar-refractivity contribution in [3.8, 4) is 5.75 Å². The van der Waals surface area contributed by atoms with E-state index in [9.17, 15) is 5.11 Å². The third-order valence-electron chi connectivity index (χ3n) is 3.61. The maximum atomic E-state index is 10.0. The fourth-order valence-electron chi connectivity index (χ4n) is 2.36. The zero-order chi connectivity index (χ0) is 15.8. The third-order valence-corrected chi connectivity index (χ3v) is 4.60. The van der Waals surface area contributed by atoms with Gasteiger partial charge in [-0.2, -0.15) is 0 Å². The standard InChI is InChI=1S/C17H24N2O2S/c1-19(2)16(17-9-6-10-22-17)12-18-11-14(20)13-21-15-7-4-3-5-8-15/h3-10,14,16,18,20H,11-13H2,1-2H3/p+2/t14-,16-/m1/s1. The van der Waals surface area contributed by atoms with Crippen LogP contribution in [0, 0.1) is 0 Å². The van der Waals surface area contributed by atoms with E-state index in [1.54, 1.807) is 11.3 Å². The molecule has 2 aromatic rings. The van der Waals surface area contributed by atoms with Gasteiger partial charge in [-0.1, -0.05) is 24.3 Å². The second-order valence-corrected chi connectivity index (χ2v) is 6.66. The normalized spacial score (nSPS) is 14.0. The monoisotopic (exact) mass is 322 g/mol. The second kappa shape index (κ2) is 8.90. The Hall–Kier alpha value is -1.40. The molecule has 0 aliphatic rings. The Morgan fingerprint density at radius 2 is 1.91 bits per heavy atom. The zero-order valence-corrected chi connectivity index (χ0v) is 14.1. The van der Waals surface area contributed by atoms with E-state index in [1.165, 1.54) is 9.78 Å². The summed E-state index contributed by atoms with van der Waals surface area (Å²) in [6.07, 6.45) is -0.457. The average molecular weight is 322 g/mol.